The Kier molecular flexibility index (Phi) is 6.44. The summed E-state index contributed by atoms with van der Waals surface area (Å²) < 4.78 is 23.6. The van der Waals surface area contributed by atoms with Crippen LogP contribution in [0.4, 0.5) is 4.39 Å². The summed E-state index contributed by atoms with van der Waals surface area (Å²) in [4.78, 5) is 12.0. The molecule has 0 bridgehead atoms. The van der Waals surface area contributed by atoms with Crippen LogP contribution in [0.1, 0.15) is 12.5 Å². The van der Waals surface area contributed by atoms with E-state index < -0.39 is 11.9 Å². The molecule has 2 aromatic carbocycles. The molecule has 1 N–H and O–H groups in total. The van der Waals surface area contributed by atoms with Crippen molar-refractivity contribution in [2.24, 2.45) is 0 Å². The third-order valence-electron chi connectivity index (χ3n) is 3.44. The molecule has 0 heterocycles. The maximum Gasteiger partial charge on any atom is 0.260 e. The van der Waals surface area contributed by atoms with E-state index in [2.05, 4.69) is 5.32 Å². The molecule has 0 aliphatic carbocycles. The number of methoxy groups -OCH3 is 1. The van der Waals surface area contributed by atoms with Gasteiger partial charge in [0.25, 0.3) is 5.91 Å². The van der Waals surface area contributed by atoms with E-state index in [4.69, 9.17) is 21.1 Å². The second-order valence-corrected chi connectivity index (χ2v) is 5.63. The van der Waals surface area contributed by atoms with Gasteiger partial charge in [-0.3, -0.25) is 4.79 Å². The molecule has 24 heavy (non-hydrogen) atoms. The molecular formula is C18H19ClFNO3. The first-order chi connectivity index (χ1) is 11.5. The van der Waals surface area contributed by atoms with E-state index in [-0.39, 0.29) is 16.7 Å². The first-order valence-electron chi connectivity index (χ1n) is 7.52. The summed E-state index contributed by atoms with van der Waals surface area (Å²) in [6.45, 7) is 2.10. The molecule has 128 valence electrons. The molecule has 0 aromatic heterocycles. The number of halogens is 2. The molecule has 1 atom stereocenters. The van der Waals surface area contributed by atoms with Crippen LogP contribution in [-0.4, -0.2) is 25.7 Å². The van der Waals surface area contributed by atoms with Gasteiger partial charge in [0.2, 0.25) is 0 Å². The Balaban J connectivity index is 1.80. The fourth-order valence-corrected chi connectivity index (χ4v) is 2.29. The van der Waals surface area contributed by atoms with Gasteiger partial charge in [0.15, 0.2) is 6.10 Å². The Morgan fingerprint density at radius 2 is 1.96 bits per heavy atom. The third-order valence-corrected chi connectivity index (χ3v) is 3.73. The zero-order valence-corrected chi connectivity index (χ0v) is 14.3. The van der Waals surface area contributed by atoms with Crippen molar-refractivity contribution >= 4 is 17.5 Å². The first-order valence-corrected chi connectivity index (χ1v) is 7.89. The van der Waals surface area contributed by atoms with E-state index >= 15 is 0 Å². The lowest BCUT2D eigenvalue weighted by molar-refractivity contribution is -0.127. The zero-order chi connectivity index (χ0) is 17.5. The largest absolute Gasteiger partial charge is 0.497 e. The zero-order valence-electron chi connectivity index (χ0n) is 13.5. The SMILES string of the molecule is COc1ccc(CCNC(=O)C(C)Oc2ccc(F)cc2Cl)cc1. The van der Waals surface area contributed by atoms with Gasteiger partial charge in [0.05, 0.1) is 12.1 Å². The van der Waals surface area contributed by atoms with Gasteiger partial charge in [-0.2, -0.15) is 0 Å². The smallest absolute Gasteiger partial charge is 0.260 e. The number of nitrogens with one attached hydrogen (secondary N) is 1. The number of hydrogen-bond donors (Lipinski definition) is 1. The molecule has 1 unspecified atom stereocenters. The topological polar surface area (TPSA) is 47.6 Å². The number of carbonyl (C=O) groups is 1. The Morgan fingerprint density at radius 3 is 2.58 bits per heavy atom. The molecule has 0 radical (unpaired) electrons. The maximum atomic E-state index is 13.0. The standard InChI is InChI=1S/C18H19ClFNO3/c1-12(24-17-8-5-14(20)11-16(17)19)18(22)21-10-9-13-3-6-15(23-2)7-4-13/h3-8,11-12H,9-10H2,1-2H3,(H,21,22). The minimum Gasteiger partial charge on any atom is -0.497 e. The molecule has 0 aliphatic rings. The van der Waals surface area contributed by atoms with Gasteiger partial charge in [-0.15, -0.1) is 0 Å². The van der Waals surface area contributed by atoms with Crippen molar-refractivity contribution in [1.82, 2.24) is 5.32 Å². The highest BCUT2D eigenvalue weighted by molar-refractivity contribution is 6.32. The minimum atomic E-state index is -0.733. The van der Waals surface area contributed by atoms with E-state index in [0.29, 0.717) is 13.0 Å². The molecule has 2 rings (SSSR count). The highest BCUT2D eigenvalue weighted by Crippen LogP contribution is 2.25. The summed E-state index contributed by atoms with van der Waals surface area (Å²) in [5, 5.41) is 2.93. The van der Waals surface area contributed by atoms with E-state index in [1.54, 1.807) is 14.0 Å². The quantitative estimate of drug-likeness (QED) is 0.829. The van der Waals surface area contributed by atoms with Crippen molar-refractivity contribution in [1.29, 1.82) is 0 Å². The summed E-state index contributed by atoms with van der Waals surface area (Å²) in [6, 6.07) is 11.4. The van der Waals surface area contributed by atoms with Gasteiger partial charge < -0.3 is 14.8 Å². The summed E-state index contributed by atoms with van der Waals surface area (Å²) in [7, 11) is 1.62. The van der Waals surface area contributed by atoms with Crippen molar-refractivity contribution in [3.8, 4) is 11.5 Å². The van der Waals surface area contributed by atoms with Crippen LogP contribution in [0.15, 0.2) is 42.5 Å². The van der Waals surface area contributed by atoms with E-state index in [1.165, 1.54) is 12.1 Å². The number of hydrogen-bond acceptors (Lipinski definition) is 3. The average molecular weight is 352 g/mol. The Labute approximate surface area is 145 Å². The molecule has 1 amide bonds. The van der Waals surface area contributed by atoms with Crippen LogP contribution >= 0.6 is 11.6 Å². The average Bonchev–Trinajstić information content (AvgIpc) is 2.57. The monoisotopic (exact) mass is 351 g/mol. The third kappa shape index (κ3) is 5.13. The van der Waals surface area contributed by atoms with Crippen LogP contribution in [0, 0.1) is 5.82 Å². The van der Waals surface area contributed by atoms with Gasteiger partial charge in [0.1, 0.15) is 17.3 Å². The summed E-state index contributed by atoms with van der Waals surface area (Å²) >= 11 is 5.88. The lowest BCUT2D eigenvalue weighted by Gasteiger charge is -2.15. The van der Waals surface area contributed by atoms with Crippen LogP contribution in [0.2, 0.25) is 5.02 Å². The molecule has 0 spiro atoms. The predicted octanol–water partition coefficient (Wildman–Crippen LogP) is 3.61. The Bertz CT molecular complexity index is 691. The molecule has 0 saturated carbocycles. The van der Waals surface area contributed by atoms with Gasteiger partial charge in [-0.05, 0) is 49.2 Å². The van der Waals surface area contributed by atoms with Gasteiger partial charge in [-0.1, -0.05) is 23.7 Å². The Hall–Kier alpha value is -2.27. The van der Waals surface area contributed by atoms with Gasteiger partial charge in [0, 0.05) is 6.54 Å². The predicted molar refractivity (Wildman–Crippen MR) is 91.2 cm³/mol. The van der Waals surface area contributed by atoms with Crippen LogP contribution in [0.25, 0.3) is 0 Å². The van der Waals surface area contributed by atoms with Gasteiger partial charge in [-0.25, -0.2) is 4.39 Å². The highest BCUT2D eigenvalue weighted by Gasteiger charge is 2.15. The fourth-order valence-electron chi connectivity index (χ4n) is 2.08. The lowest BCUT2D eigenvalue weighted by Crippen LogP contribution is -2.37. The Morgan fingerprint density at radius 1 is 1.25 bits per heavy atom. The van der Waals surface area contributed by atoms with E-state index in [9.17, 15) is 9.18 Å². The fraction of sp³-hybridized carbons (Fsp3) is 0.278. The second kappa shape index (κ2) is 8.55. The van der Waals surface area contributed by atoms with E-state index in [0.717, 1.165) is 17.4 Å². The van der Waals surface area contributed by atoms with Crippen molar-refractivity contribution in [2.75, 3.05) is 13.7 Å². The molecule has 4 nitrogen and oxygen atoms in total. The maximum absolute atomic E-state index is 13.0. The van der Waals surface area contributed by atoms with Crippen LogP contribution in [0.3, 0.4) is 0 Å². The van der Waals surface area contributed by atoms with Gasteiger partial charge >= 0.3 is 0 Å². The number of amides is 1. The van der Waals surface area contributed by atoms with Crippen LogP contribution < -0.4 is 14.8 Å². The van der Waals surface area contributed by atoms with Crippen molar-refractivity contribution in [3.05, 3.63) is 58.9 Å². The normalized spacial score (nSPS) is 11.7. The molecule has 0 aliphatic heterocycles. The first kappa shape index (κ1) is 18.1. The summed E-state index contributed by atoms with van der Waals surface area (Å²) in [5.74, 6) is 0.352. The molecule has 0 fully saturated rings. The van der Waals surface area contributed by atoms with Crippen LogP contribution in [-0.2, 0) is 11.2 Å². The van der Waals surface area contributed by atoms with Crippen molar-refractivity contribution in [3.63, 3.8) is 0 Å². The minimum absolute atomic E-state index is 0.132. The number of carbonyl (C=O) groups excluding carboxylic acids is 1. The van der Waals surface area contributed by atoms with E-state index in [1.807, 2.05) is 24.3 Å². The molecule has 6 heteroatoms. The molecule has 2 aromatic rings. The summed E-state index contributed by atoms with van der Waals surface area (Å²) in [6.07, 6.45) is -0.0384. The molecular weight excluding hydrogens is 333 g/mol. The van der Waals surface area contributed by atoms with Crippen molar-refractivity contribution in [2.45, 2.75) is 19.4 Å². The second-order valence-electron chi connectivity index (χ2n) is 5.22. The molecule has 0 saturated heterocycles. The number of ether oxygens (including phenoxy) is 2. The van der Waals surface area contributed by atoms with Crippen molar-refractivity contribution < 1.29 is 18.7 Å². The number of benzene rings is 2. The van der Waals surface area contributed by atoms with Crippen LogP contribution in [0.5, 0.6) is 11.5 Å². The summed E-state index contributed by atoms with van der Waals surface area (Å²) in [5.41, 5.74) is 1.09. The lowest BCUT2D eigenvalue weighted by atomic mass is 10.1. The number of rotatable bonds is 7. The highest BCUT2D eigenvalue weighted by atomic mass is 35.5.